The van der Waals surface area contributed by atoms with E-state index in [-0.39, 0.29) is 16.3 Å². The molecule has 1 aromatic heterocycles. The first kappa shape index (κ1) is 14.0. The highest BCUT2D eigenvalue weighted by molar-refractivity contribution is 7.84. The number of halogens is 3. The van der Waals surface area contributed by atoms with Crippen molar-refractivity contribution >= 4 is 27.8 Å². The molecule has 1 aromatic carbocycles. The van der Waals surface area contributed by atoms with E-state index in [0.29, 0.717) is 5.01 Å². The number of rotatable bonds is 3. The van der Waals surface area contributed by atoms with Crippen LogP contribution in [0.2, 0.25) is 0 Å². The smallest absolute Gasteiger partial charge is 0.398 e. The molecular formula is C11H9F3N2OS2. The third kappa shape index (κ3) is 3.32. The first-order valence-corrected chi connectivity index (χ1v) is 7.31. The first-order valence-electron chi connectivity index (χ1n) is 5.11. The number of aromatic nitrogens is 1. The average Bonchev–Trinajstić information content (AvgIpc) is 2.80. The van der Waals surface area contributed by atoms with Gasteiger partial charge in [0.1, 0.15) is 5.01 Å². The minimum atomic E-state index is -4.45. The van der Waals surface area contributed by atoms with Crippen molar-refractivity contribution in [2.24, 2.45) is 0 Å². The zero-order valence-corrected chi connectivity index (χ0v) is 11.1. The minimum absolute atomic E-state index is 0.121. The Labute approximate surface area is 113 Å². The van der Waals surface area contributed by atoms with E-state index in [1.165, 1.54) is 11.3 Å². The Bertz CT molecular complexity index is 596. The Morgan fingerprint density at radius 2 is 2.11 bits per heavy atom. The molecule has 0 aliphatic heterocycles. The van der Waals surface area contributed by atoms with Crippen LogP contribution in [-0.2, 0) is 22.7 Å². The van der Waals surface area contributed by atoms with E-state index in [9.17, 15) is 17.4 Å². The number of benzene rings is 1. The molecule has 19 heavy (non-hydrogen) atoms. The molecular weight excluding hydrogens is 297 g/mol. The highest BCUT2D eigenvalue weighted by Crippen LogP contribution is 2.32. The summed E-state index contributed by atoms with van der Waals surface area (Å²) in [5.74, 6) is 0.146. The summed E-state index contributed by atoms with van der Waals surface area (Å²) in [5, 5.41) is 2.39. The molecule has 102 valence electrons. The number of hydrogen-bond donors (Lipinski definition) is 1. The fourth-order valence-corrected chi connectivity index (χ4v) is 3.44. The molecule has 0 amide bonds. The topological polar surface area (TPSA) is 56.0 Å². The number of thiazole rings is 1. The van der Waals surface area contributed by atoms with Gasteiger partial charge in [-0.15, -0.1) is 11.3 Å². The lowest BCUT2D eigenvalue weighted by atomic mass is 10.2. The van der Waals surface area contributed by atoms with Crippen molar-refractivity contribution in [2.75, 3.05) is 5.73 Å². The molecule has 2 aromatic rings. The van der Waals surface area contributed by atoms with Crippen LogP contribution in [0.1, 0.15) is 10.6 Å². The number of alkyl halides is 3. The molecule has 1 atom stereocenters. The second-order valence-corrected chi connectivity index (χ2v) is 6.06. The van der Waals surface area contributed by atoms with E-state index in [1.807, 2.05) is 0 Å². The van der Waals surface area contributed by atoms with E-state index in [1.54, 1.807) is 11.6 Å². The molecule has 1 heterocycles. The molecule has 0 fully saturated rings. The largest absolute Gasteiger partial charge is 0.416 e. The fraction of sp³-hybridized carbons (Fsp3) is 0.182. The van der Waals surface area contributed by atoms with Crippen molar-refractivity contribution in [1.82, 2.24) is 4.98 Å². The molecule has 0 saturated heterocycles. The average molecular weight is 306 g/mol. The summed E-state index contributed by atoms with van der Waals surface area (Å²) >= 11 is 1.33. The van der Waals surface area contributed by atoms with Crippen molar-refractivity contribution < 1.29 is 17.4 Å². The Morgan fingerprint density at radius 1 is 1.37 bits per heavy atom. The van der Waals surface area contributed by atoms with E-state index < -0.39 is 22.5 Å². The van der Waals surface area contributed by atoms with Gasteiger partial charge in [-0.05, 0) is 18.2 Å². The summed E-state index contributed by atoms with van der Waals surface area (Å²) in [5.41, 5.74) is 4.57. The SMILES string of the molecule is Nc1cc(C(F)(F)F)ccc1S(=O)Cc1nccs1. The molecule has 2 rings (SSSR count). The molecule has 2 N–H and O–H groups in total. The van der Waals surface area contributed by atoms with Crippen LogP contribution in [-0.4, -0.2) is 9.19 Å². The summed E-state index contributed by atoms with van der Waals surface area (Å²) in [6.45, 7) is 0. The van der Waals surface area contributed by atoms with Gasteiger partial charge in [-0.3, -0.25) is 4.21 Å². The normalized spacial score (nSPS) is 13.4. The van der Waals surface area contributed by atoms with E-state index >= 15 is 0 Å². The van der Waals surface area contributed by atoms with Gasteiger partial charge in [-0.25, -0.2) is 4.98 Å². The van der Waals surface area contributed by atoms with Gasteiger partial charge in [0.25, 0.3) is 0 Å². The quantitative estimate of drug-likeness (QED) is 0.887. The van der Waals surface area contributed by atoms with Gasteiger partial charge in [0.05, 0.1) is 27.0 Å². The number of nitrogens with two attached hydrogens (primary N) is 1. The highest BCUT2D eigenvalue weighted by Gasteiger charge is 2.31. The monoisotopic (exact) mass is 306 g/mol. The van der Waals surface area contributed by atoms with Crippen LogP contribution in [0.5, 0.6) is 0 Å². The minimum Gasteiger partial charge on any atom is -0.398 e. The summed E-state index contributed by atoms with van der Waals surface area (Å²) in [6, 6.07) is 2.84. The van der Waals surface area contributed by atoms with Crippen LogP contribution in [0.15, 0.2) is 34.7 Å². The molecule has 8 heteroatoms. The summed E-state index contributed by atoms with van der Waals surface area (Å²) in [7, 11) is -1.50. The number of anilines is 1. The molecule has 1 unspecified atom stereocenters. The fourth-order valence-electron chi connectivity index (χ4n) is 1.45. The highest BCUT2D eigenvalue weighted by atomic mass is 32.2. The lowest BCUT2D eigenvalue weighted by molar-refractivity contribution is -0.137. The van der Waals surface area contributed by atoms with Crippen LogP contribution in [0.3, 0.4) is 0 Å². The van der Waals surface area contributed by atoms with Crippen LogP contribution >= 0.6 is 11.3 Å². The standard InChI is InChI=1S/C11H9F3N2OS2/c12-11(13,14)7-1-2-9(8(15)5-7)19(17)6-10-16-3-4-18-10/h1-5H,6,15H2. The molecule has 0 aliphatic carbocycles. The zero-order valence-electron chi connectivity index (χ0n) is 9.48. The maximum absolute atomic E-state index is 12.5. The maximum Gasteiger partial charge on any atom is 0.416 e. The Hall–Kier alpha value is -1.41. The predicted molar refractivity (Wildman–Crippen MR) is 68.1 cm³/mol. The van der Waals surface area contributed by atoms with Crippen molar-refractivity contribution in [2.45, 2.75) is 16.8 Å². The number of nitrogens with zero attached hydrogens (tertiary/aromatic N) is 1. The third-order valence-electron chi connectivity index (χ3n) is 2.32. The van der Waals surface area contributed by atoms with Crippen molar-refractivity contribution in [3.8, 4) is 0 Å². The molecule has 0 saturated carbocycles. The summed E-state index contributed by atoms with van der Waals surface area (Å²) in [6.07, 6.45) is -2.88. The van der Waals surface area contributed by atoms with Gasteiger partial charge in [-0.2, -0.15) is 13.2 Å². The second-order valence-electron chi connectivity index (χ2n) is 3.67. The lowest BCUT2D eigenvalue weighted by Gasteiger charge is -2.10. The molecule has 0 spiro atoms. The van der Waals surface area contributed by atoms with E-state index in [0.717, 1.165) is 18.2 Å². The molecule has 3 nitrogen and oxygen atoms in total. The van der Waals surface area contributed by atoms with Gasteiger partial charge in [0, 0.05) is 17.3 Å². The maximum atomic E-state index is 12.5. The van der Waals surface area contributed by atoms with Crippen LogP contribution in [0.4, 0.5) is 18.9 Å². The Balaban J connectivity index is 2.24. The van der Waals surface area contributed by atoms with Gasteiger partial charge >= 0.3 is 6.18 Å². The lowest BCUT2D eigenvalue weighted by Crippen LogP contribution is -2.08. The molecule has 0 aliphatic rings. The van der Waals surface area contributed by atoms with Gasteiger partial charge in [0.2, 0.25) is 0 Å². The Morgan fingerprint density at radius 3 is 2.63 bits per heavy atom. The summed E-state index contributed by atoms with van der Waals surface area (Å²) < 4.78 is 49.4. The van der Waals surface area contributed by atoms with E-state index in [4.69, 9.17) is 5.73 Å². The Kier molecular flexibility index (Phi) is 3.91. The number of nitrogen functional groups attached to an aromatic ring is 1. The van der Waals surface area contributed by atoms with Crippen LogP contribution < -0.4 is 5.73 Å². The van der Waals surface area contributed by atoms with Crippen molar-refractivity contribution in [3.05, 3.63) is 40.3 Å². The zero-order chi connectivity index (χ0) is 14.0. The second kappa shape index (κ2) is 5.30. The molecule has 0 radical (unpaired) electrons. The van der Waals surface area contributed by atoms with Gasteiger partial charge in [-0.1, -0.05) is 0 Å². The van der Waals surface area contributed by atoms with Crippen LogP contribution in [0.25, 0.3) is 0 Å². The van der Waals surface area contributed by atoms with Crippen LogP contribution in [0, 0.1) is 0 Å². The van der Waals surface area contributed by atoms with Crippen molar-refractivity contribution in [3.63, 3.8) is 0 Å². The summed E-state index contributed by atoms with van der Waals surface area (Å²) in [4.78, 5) is 4.17. The number of hydrogen-bond acceptors (Lipinski definition) is 4. The van der Waals surface area contributed by atoms with Gasteiger partial charge < -0.3 is 5.73 Å². The first-order chi connectivity index (χ1) is 8.88. The predicted octanol–water partition coefficient (Wildman–Crippen LogP) is 3.05. The van der Waals surface area contributed by atoms with Crippen molar-refractivity contribution in [1.29, 1.82) is 0 Å². The van der Waals surface area contributed by atoms with E-state index in [2.05, 4.69) is 4.98 Å². The molecule has 0 bridgehead atoms. The van der Waals surface area contributed by atoms with Gasteiger partial charge in [0.15, 0.2) is 0 Å². The third-order valence-corrected chi connectivity index (χ3v) is 4.68.